The van der Waals surface area contributed by atoms with Crippen LogP contribution in [0.2, 0.25) is 0 Å². The van der Waals surface area contributed by atoms with Crippen molar-refractivity contribution in [2.24, 2.45) is 0 Å². The topological polar surface area (TPSA) is 36.4 Å². The summed E-state index contributed by atoms with van der Waals surface area (Å²) in [6.07, 6.45) is 6.45. The Balaban J connectivity index is 1.78. The van der Waals surface area contributed by atoms with Crippen LogP contribution < -0.4 is 0 Å². The third-order valence-corrected chi connectivity index (χ3v) is 4.74. The first-order chi connectivity index (χ1) is 9.66. The summed E-state index contributed by atoms with van der Waals surface area (Å²) in [6, 6.07) is 4.74. The molecular weight excluding hydrogens is 250 g/mol. The Labute approximate surface area is 120 Å². The monoisotopic (exact) mass is 273 g/mol. The number of likely N-dealkylation sites (N-methyl/N-ethyl adjacent to an activating group) is 1. The maximum absolute atomic E-state index is 12.7. The third-order valence-electron chi connectivity index (χ3n) is 4.74. The van der Waals surface area contributed by atoms with E-state index in [4.69, 9.17) is 0 Å². The van der Waals surface area contributed by atoms with Gasteiger partial charge in [-0.1, -0.05) is 0 Å². The maximum atomic E-state index is 12.7. The molecule has 0 bridgehead atoms. The van der Waals surface area contributed by atoms with Crippen molar-refractivity contribution in [2.75, 3.05) is 20.1 Å². The largest absolute Gasteiger partial charge is 0.334 e. The highest BCUT2D eigenvalue weighted by molar-refractivity contribution is 5.94. The van der Waals surface area contributed by atoms with Crippen molar-refractivity contribution in [3.8, 4) is 0 Å². The maximum Gasteiger partial charge on any atom is 0.255 e. The normalized spacial score (nSPS) is 27.2. The van der Waals surface area contributed by atoms with Gasteiger partial charge in [-0.25, -0.2) is 0 Å². The number of hydrogen-bond donors (Lipinski definition) is 0. The molecule has 3 heterocycles. The highest BCUT2D eigenvalue weighted by atomic mass is 16.2. The van der Waals surface area contributed by atoms with E-state index in [2.05, 4.69) is 21.8 Å². The lowest BCUT2D eigenvalue weighted by molar-refractivity contribution is 0.0664. The van der Waals surface area contributed by atoms with Gasteiger partial charge in [0.2, 0.25) is 0 Å². The van der Waals surface area contributed by atoms with Crippen molar-refractivity contribution in [2.45, 2.75) is 44.7 Å². The molecule has 2 fully saturated rings. The number of pyridine rings is 1. The van der Waals surface area contributed by atoms with Gasteiger partial charge in [-0.3, -0.25) is 9.78 Å². The first kappa shape index (κ1) is 13.6. The zero-order chi connectivity index (χ0) is 14.1. The predicted molar refractivity (Wildman–Crippen MR) is 78.7 cm³/mol. The van der Waals surface area contributed by atoms with Crippen LogP contribution in [0, 0.1) is 6.92 Å². The molecule has 4 heteroatoms. The molecule has 0 saturated carbocycles. The Morgan fingerprint density at radius 3 is 2.60 bits per heavy atom. The van der Waals surface area contributed by atoms with E-state index in [0.29, 0.717) is 12.1 Å². The molecular formula is C16H23N3O. The molecule has 0 N–H and O–H groups in total. The molecule has 0 aromatic carbocycles. The molecule has 2 aliphatic heterocycles. The van der Waals surface area contributed by atoms with Gasteiger partial charge in [0.15, 0.2) is 0 Å². The second-order valence-corrected chi connectivity index (χ2v) is 6.09. The summed E-state index contributed by atoms with van der Waals surface area (Å²) in [5.41, 5.74) is 1.68. The Hall–Kier alpha value is -1.42. The third kappa shape index (κ3) is 2.44. The molecule has 3 rings (SSSR count). The fourth-order valence-corrected chi connectivity index (χ4v) is 3.63. The van der Waals surface area contributed by atoms with Crippen LogP contribution in [-0.2, 0) is 0 Å². The molecule has 2 aliphatic rings. The molecule has 108 valence electrons. The van der Waals surface area contributed by atoms with Gasteiger partial charge in [-0.15, -0.1) is 0 Å². The molecule has 1 aromatic rings. The fraction of sp³-hybridized carbons (Fsp3) is 0.625. The minimum absolute atomic E-state index is 0.153. The van der Waals surface area contributed by atoms with Crippen LogP contribution in [0.5, 0.6) is 0 Å². The summed E-state index contributed by atoms with van der Waals surface area (Å²) in [7, 11) is 2.19. The molecule has 2 atom stereocenters. The zero-order valence-electron chi connectivity index (χ0n) is 12.4. The van der Waals surface area contributed by atoms with Crippen molar-refractivity contribution >= 4 is 5.91 Å². The van der Waals surface area contributed by atoms with E-state index in [1.165, 1.54) is 12.8 Å². The molecule has 1 amide bonds. The van der Waals surface area contributed by atoms with Crippen LogP contribution in [0.4, 0.5) is 0 Å². The zero-order valence-corrected chi connectivity index (χ0v) is 12.4. The van der Waals surface area contributed by atoms with E-state index in [1.807, 2.05) is 19.1 Å². The van der Waals surface area contributed by atoms with E-state index < -0.39 is 0 Å². The first-order valence-electron chi connectivity index (χ1n) is 7.60. The quantitative estimate of drug-likeness (QED) is 0.828. The van der Waals surface area contributed by atoms with Gasteiger partial charge in [0.1, 0.15) is 0 Å². The second-order valence-electron chi connectivity index (χ2n) is 6.09. The van der Waals surface area contributed by atoms with Crippen LogP contribution >= 0.6 is 0 Å². The van der Waals surface area contributed by atoms with Gasteiger partial charge in [0.05, 0.1) is 5.56 Å². The lowest BCUT2D eigenvalue weighted by atomic mass is 10.0. The summed E-state index contributed by atoms with van der Waals surface area (Å²) in [4.78, 5) is 21.5. The number of aromatic nitrogens is 1. The number of carbonyl (C=O) groups excluding carboxylic acids is 1. The number of likely N-dealkylation sites (tertiary alicyclic amines) is 2. The molecule has 1 aromatic heterocycles. The number of nitrogens with zero attached hydrogens (tertiary/aromatic N) is 3. The van der Waals surface area contributed by atoms with E-state index in [1.54, 1.807) is 6.20 Å². The Bertz CT molecular complexity index is 485. The summed E-state index contributed by atoms with van der Waals surface area (Å²) in [6.45, 7) is 4.00. The lowest BCUT2D eigenvalue weighted by Gasteiger charge is -2.33. The first-order valence-corrected chi connectivity index (χ1v) is 7.60. The van der Waals surface area contributed by atoms with Crippen LogP contribution in [0.25, 0.3) is 0 Å². The fourth-order valence-electron chi connectivity index (χ4n) is 3.63. The molecule has 2 saturated heterocycles. The van der Waals surface area contributed by atoms with Gasteiger partial charge in [0, 0.05) is 30.5 Å². The highest BCUT2D eigenvalue weighted by Crippen LogP contribution is 2.30. The van der Waals surface area contributed by atoms with Crippen molar-refractivity contribution in [1.82, 2.24) is 14.8 Å². The Morgan fingerprint density at radius 1 is 1.20 bits per heavy atom. The van der Waals surface area contributed by atoms with Crippen molar-refractivity contribution in [3.63, 3.8) is 0 Å². The summed E-state index contributed by atoms with van der Waals surface area (Å²) < 4.78 is 0. The molecule has 0 radical (unpaired) electrons. The predicted octanol–water partition coefficient (Wildman–Crippen LogP) is 2.09. The SMILES string of the molecule is Cc1ccc(C(=O)N2CCC[C@H]2[C@H]2CCCN2C)cn1. The standard InChI is InChI=1S/C16H23N3O/c1-12-7-8-13(11-17-12)16(20)19-10-4-6-15(19)14-5-3-9-18(14)2/h7-8,11,14-15H,3-6,9-10H2,1-2H3/t14-,15+/m1/s1. The molecule has 0 spiro atoms. The Kier molecular flexibility index (Phi) is 3.74. The van der Waals surface area contributed by atoms with E-state index in [9.17, 15) is 4.79 Å². The molecule has 0 unspecified atom stereocenters. The average molecular weight is 273 g/mol. The van der Waals surface area contributed by atoms with Crippen LogP contribution in [0.15, 0.2) is 18.3 Å². The molecule has 4 nitrogen and oxygen atoms in total. The van der Waals surface area contributed by atoms with Crippen LogP contribution in [0.1, 0.15) is 41.7 Å². The van der Waals surface area contributed by atoms with Crippen molar-refractivity contribution in [1.29, 1.82) is 0 Å². The van der Waals surface area contributed by atoms with Gasteiger partial charge < -0.3 is 9.80 Å². The van der Waals surface area contributed by atoms with E-state index in [0.717, 1.165) is 37.2 Å². The van der Waals surface area contributed by atoms with Crippen LogP contribution in [-0.4, -0.2) is 52.9 Å². The van der Waals surface area contributed by atoms with Crippen LogP contribution in [0.3, 0.4) is 0 Å². The van der Waals surface area contributed by atoms with Gasteiger partial charge >= 0.3 is 0 Å². The second kappa shape index (κ2) is 5.52. The molecule has 0 aliphatic carbocycles. The average Bonchev–Trinajstić information content (AvgIpc) is 3.07. The number of carbonyl (C=O) groups is 1. The number of aryl methyl sites for hydroxylation is 1. The van der Waals surface area contributed by atoms with Gasteiger partial charge in [0.25, 0.3) is 5.91 Å². The minimum atomic E-state index is 0.153. The van der Waals surface area contributed by atoms with E-state index >= 15 is 0 Å². The van der Waals surface area contributed by atoms with Crippen molar-refractivity contribution in [3.05, 3.63) is 29.6 Å². The summed E-state index contributed by atoms with van der Waals surface area (Å²) >= 11 is 0. The Morgan fingerprint density at radius 2 is 1.95 bits per heavy atom. The highest BCUT2D eigenvalue weighted by Gasteiger charge is 2.38. The minimum Gasteiger partial charge on any atom is -0.334 e. The number of hydrogen-bond acceptors (Lipinski definition) is 3. The number of amides is 1. The van der Waals surface area contributed by atoms with E-state index in [-0.39, 0.29) is 5.91 Å². The van der Waals surface area contributed by atoms with Crippen molar-refractivity contribution < 1.29 is 4.79 Å². The smallest absolute Gasteiger partial charge is 0.255 e. The summed E-state index contributed by atoms with van der Waals surface area (Å²) in [5.74, 6) is 0.153. The lowest BCUT2D eigenvalue weighted by Crippen LogP contribution is -2.47. The van der Waals surface area contributed by atoms with Gasteiger partial charge in [-0.2, -0.15) is 0 Å². The number of rotatable bonds is 2. The molecule has 20 heavy (non-hydrogen) atoms. The van der Waals surface area contributed by atoms with Gasteiger partial charge in [-0.05, 0) is 58.3 Å². The summed E-state index contributed by atoms with van der Waals surface area (Å²) in [5, 5.41) is 0.